The molecule has 2 unspecified atom stereocenters. The average molecular weight is 291 g/mol. The number of benzene rings is 1. The summed E-state index contributed by atoms with van der Waals surface area (Å²) < 4.78 is 6.26. The summed E-state index contributed by atoms with van der Waals surface area (Å²) in [7, 11) is 0. The fourth-order valence-corrected chi connectivity index (χ4v) is 3.43. The van der Waals surface area contributed by atoms with E-state index in [0.717, 1.165) is 37.9 Å². The molecule has 0 radical (unpaired) electrons. The van der Waals surface area contributed by atoms with E-state index in [1.165, 1.54) is 5.56 Å². The van der Waals surface area contributed by atoms with Crippen molar-refractivity contribution >= 4 is 0 Å². The van der Waals surface area contributed by atoms with Crippen LogP contribution in [0.5, 0.6) is 5.75 Å². The van der Waals surface area contributed by atoms with Crippen LogP contribution in [-0.4, -0.2) is 29.4 Å². The Hall–Kier alpha value is -1.06. The van der Waals surface area contributed by atoms with Crippen molar-refractivity contribution in [1.82, 2.24) is 5.32 Å². The minimum Gasteiger partial charge on any atom is -0.490 e. The van der Waals surface area contributed by atoms with Gasteiger partial charge in [0.05, 0.1) is 6.61 Å². The normalized spacial score (nSPS) is 26.0. The van der Waals surface area contributed by atoms with Crippen molar-refractivity contribution < 1.29 is 9.84 Å². The van der Waals surface area contributed by atoms with Gasteiger partial charge in [-0.25, -0.2) is 0 Å². The number of aryl methyl sites for hydroxylation is 1. The Kier molecular flexibility index (Phi) is 5.65. The maximum atomic E-state index is 9.86. The zero-order valence-electron chi connectivity index (χ0n) is 13.6. The van der Waals surface area contributed by atoms with Crippen molar-refractivity contribution in [3.63, 3.8) is 0 Å². The van der Waals surface area contributed by atoms with E-state index in [1.807, 2.05) is 6.07 Å². The minimum atomic E-state index is -0.182. The molecular formula is C18H29NO2. The van der Waals surface area contributed by atoms with Crippen molar-refractivity contribution in [2.24, 2.45) is 0 Å². The second kappa shape index (κ2) is 7.28. The third-order valence-corrected chi connectivity index (χ3v) is 4.34. The molecule has 0 bridgehead atoms. The quantitative estimate of drug-likeness (QED) is 0.845. The molecule has 0 aromatic heterocycles. The number of aliphatic hydroxyl groups is 1. The molecular weight excluding hydrogens is 262 g/mol. The van der Waals surface area contributed by atoms with Gasteiger partial charge < -0.3 is 15.2 Å². The molecule has 2 rings (SSSR count). The summed E-state index contributed by atoms with van der Waals surface area (Å²) in [6, 6.07) is 8.65. The third-order valence-electron chi connectivity index (χ3n) is 4.34. The van der Waals surface area contributed by atoms with Gasteiger partial charge in [-0.3, -0.25) is 0 Å². The smallest absolute Gasteiger partial charge is 0.122 e. The number of hydrogen-bond acceptors (Lipinski definition) is 3. The fourth-order valence-electron chi connectivity index (χ4n) is 3.43. The van der Waals surface area contributed by atoms with Gasteiger partial charge in [0.1, 0.15) is 11.9 Å². The molecule has 2 N–H and O–H groups in total. The standard InChI is InChI=1S/C18H29NO2/c1-4-15-8-5-6-10-17(15)21-16-9-7-11-18(12-16,13-20)19-14(2)3/h5-6,8,10,14,16,19-20H,4,7,9,11-13H2,1-3H3. The van der Waals surface area contributed by atoms with E-state index in [9.17, 15) is 5.11 Å². The molecule has 2 atom stereocenters. The van der Waals surface area contributed by atoms with Gasteiger partial charge in [0.2, 0.25) is 0 Å². The van der Waals surface area contributed by atoms with E-state index in [1.54, 1.807) is 0 Å². The molecule has 118 valence electrons. The number of ether oxygens (including phenoxy) is 1. The molecule has 3 heteroatoms. The Morgan fingerprint density at radius 2 is 2.14 bits per heavy atom. The lowest BCUT2D eigenvalue weighted by atomic mass is 9.80. The van der Waals surface area contributed by atoms with E-state index in [4.69, 9.17) is 4.74 Å². The van der Waals surface area contributed by atoms with E-state index in [-0.39, 0.29) is 18.2 Å². The van der Waals surface area contributed by atoms with Crippen LogP contribution in [0.25, 0.3) is 0 Å². The molecule has 0 saturated heterocycles. The first-order chi connectivity index (χ1) is 10.1. The second-order valence-corrected chi connectivity index (χ2v) is 6.53. The van der Waals surface area contributed by atoms with Gasteiger partial charge in [-0.2, -0.15) is 0 Å². The molecule has 1 aromatic carbocycles. The van der Waals surface area contributed by atoms with Crippen LogP contribution < -0.4 is 10.1 Å². The summed E-state index contributed by atoms with van der Waals surface area (Å²) in [5, 5.41) is 13.4. The Morgan fingerprint density at radius 1 is 1.38 bits per heavy atom. The first kappa shape index (κ1) is 16.3. The van der Waals surface area contributed by atoms with Crippen LogP contribution in [0.4, 0.5) is 0 Å². The molecule has 1 aromatic rings. The van der Waals surface area contributed by atoms with Crippen LogP contribution in [0, 0.1) is 0 Å². The summed E-state index contributed by atoms with van der Waals surface area (Å²) in [4.78, 5) is 0. The topological polar surface area (TPSA) is 41.5 Å². The highest BCUT2D eigenvalue weighted by molar-refractivity contribution is 5.33. The maximum absolute atomic E-state index is 9.86. The minimum absolute atomic E-state index is 0.181. The molecule has 0 aliphatic heterocycles. The van der Waals surface area contributed by atoms with Gasteiger partial charge in [-0.1, -0.05) is 39.0 Å². The van der Waals surface area contributed by atoms with Crippen LogP contribution in [-0.2, 0) is 6.42 Å². The van der Waals surface area contributed by atoms with Gasteiger partial charge >= 0.3 is 0 Å². The number of hydrogen-bond donors (Lipinski definition) is 2. The van der Waals surface area contributed by atoms with Crippen LogP contribution in [0.3, 0.4) is 0 Å². The van der Waals surface area contributed by atoms with E-state index in [2.05, 4.69) is 44.3 Å². The molecule has 0 spiro atoms. The van der Waals surface area contributed by atoms with Gasteiger partial charge in [0.25, 0.3) is 0 Å². The fraction of sp³-hybridized carbons (Fsp3) is 0.667. The molecule has 0 amide bonds. The number of aliphatic hydroxyl groups excluding tert-OH is 1. The van der Waals surface area contributed by atoms with Crippen molar-refractivity contribution in [3.05, 3.63) is 29.8 Å². The number of para-hydroxylation sites is 1. The van der Waals surface area contributed by atoms with Crippen molar-refractivity contribution in [3.8, 4) is 5.75 Å². The second-order valence-electron chi connectivity index (χ2n) is 6.53. The van der Waals surface area contributed by atoms with Crippen LogP contribution in [0.2, 0.25) is 0 Å². The first-order valence-corrected chi connectivity index (χ1v) is 8.21. The average Bonchev–Trinajstić information content (AvgIpc) is 2.47. The molecule has 1 aliphatic rings. The Balaban J connectivity index is 2.07. The first-order valence-electron chi connectivity index (χ1n) is 8.21. The van der Waals surface area contributed by atoms with Gasteiger partial charge in [0, 0.05) is 18.0 Å². The van der Waals surface area contributed by atoms with Crippen molar-refractivity contribution in [1.29, 1.82) is 0 Å². The van der Waals surface area contributed by atoms with Crippen LogP contribution in [0.15, 0.2) is 24.3 Å². The Labute approximate surface area is 128 Å². The molecule has 0 heterocycles. The summed E-state index contributed by atoms with van der Waals surface area (Å²) in [6.07, 6.45) is 5.23. The molecule has 3 nitrogen and oxygen atoms in total. The van der Waals surface area contributed by atoms with E-state index in [0.29, 0.717) is 6.04 Å². The summed E-state index contributed by atoms with van der Waals surface area (Å²) in [5.74, 6) is 1.00. The van der Waals surface area contributed by atoms with Gasteiger partial charge in [-0.15, -0.1) is 0 Å². The number of nitrogens with one attached hydrogen (secondary N) is 1. The maximum Gasteiger partial charge on any atom is 0.122 e. The Bertz CT molecular complexity index is 447. The highest BCUT2D eigenvalue weighted by atomic mass is 16.5. The van der Waals surface area contributed by atoms with Gasteiger partial charge in [0.15, 0.2) is 0 Å². The Morgan fingerprint density at radius 3 is 2.81 bits per heavy atom. The molecule has 21 heavy (non-hydrogen) atoms. The predicted molar refractivity (Wildman–Crippen MR) is 86.8 cm³/mol. The monoisotopic (exact) mass is 291 g/mol. The summed E-state index contributed by atoms with van der Waals surface area (Å²) in [6.45, 7) is 6.60. The summed E-state index contributed by atoms with van der Waals surface area (Å²) in [5.41, 5.74) is 1.08. The van der Waals surface area contributed by atoms with Crippen molar-refractivity contribution in [2.75, 3.05) is 6.61 Å². The molecule has 1 aliphatic carbocycles. The lowest BCUT2D eigenvalue weighted by molar-refractivity contribution is 0.0457. The SMILES string of the molecule is CCc1ccccc1OC1CCCC(CO)(NC(C)C)C1. The zero-order chi connectivity index (χ0) is 15.3. The van der Waals surface area contributed by atoms with Crippen LogP contribution in [0.1, 0.15) is 52.0 Å². The summed E-state index contributed by atoms with van der Waals surface area (Å²) >= 11 is 0. The largest absolute Gasteiger partial charge is 0.490 e. The third kappa shape index (κ3) is 4.21. The molecule has 1 saturated carbocycles. The lowest BCUT2D eigenvalue weighted by Gasteiger charge is -2.41. The van der Waals surface area contributed by atoms with E-state index < -0.39 is 0 Å². The van der Waals surface area contributed by atoms with Crippen LogP contribution >= 0.6 is 0 Å². The molecule has 1 fully saturated rings. The van der Waals surface area contributed by atoms with E-state index >= 15 is 0 Å². The number of rotatable bonds is 6. The lowest BCUT2D eigenvalue weighted by Crippen LogP contribution is -2.55. The highest BCUT2D eigenvalue weighted by Gasteiger charge is 2.37. The zero-order valence-corrected chi connectivity index (χ0v) is 13.6. The highest BCUT2D eigenvalue weighted by Crippen LogP contribution is 2.32. The van der Waals surface area contributed by atoms with Gasteiger partial charge in [-0.05, 0) is 37.3 Å². The van der Waals surface area contributed by atoms with Crippen molar-refractivity contribution in [2.45, 2.75) is 70.6 Å². The predicted octanol–water partition coefficient (Wildman–Crippen LogP) is 3.30.